The molecule has 0 aliphatic carbocycles. The molecule has 1 saturated heterocycles. The third-order valence-electron chi connectivity index (χ3n) is 2.85. The molecule has 2 heterocycles. The number of amides is 1. The Balaban J connectivity index is 2.07. The average Bonchev–Trinajstić information content (AvgIpc) is 2.85. The molecule has 1 aromatic rings. The fraction of sp³-hybridized carbons (Fsp3) is 0.545. The lowest BCUT2D eigenvalue weighted by molar-refractivity contribution is -0.162. The van der Waals surface area contributed by atoms with Gasteiger partial charge in [-0.2, -0.15) is 24.5 Å². The van der Waals surface area contributed by atoms with Crippen molar-refractivity contribution in [2.24, 2.45) is 0 Å². The average molecular weight is 263 g/mol. The molecule has 2 nitrogen and oxygen atoms in total. The highest BCUT2D eigenvalue weighted by Crippen LogP contribution is 2.34. The maximum atomic E-state index is 12.2. The van der Waals surface area contributed by atoms with Gasteiger partial charge >= 0.3 is 6.18 Å². The molecule has 1 fully saturated rings. The molecule has 0 aromatic carbocycles. The van der Waals surface area contributed by atoms with Crippen LogP contribution in [0.4, 0.5) is 13.2 Å². The van der Waals surface area contributed by atoms with Crippen molar-refractivity contribution in [3.63, 3.8) is 0 Å². The van der Waals surface area contributed by atoms with Gasteiger partial charge in [-0.1, -0.05) is 0 Å². The van der Waals surface area contributed by atoms with Crippen LogP contribution < -0.4 is 0 Å². The maximum Gasteiger partial charge on any atom is 0.397 e. The number of halogens is 3. The zero-order valence-corrected chi connectivity index (χ0v) is 9.85. The normalized spacial score (nSPS) is 20.9. The standard InChI is InChI=1S/C11H12F3NOS/c12-11(13,14)6-10(16)15-4-1-2-9(15)8-3-5-17-7-8/h3,5,7,9H,1-2,4,6H2. The monoisotopic (exact) mass is 263 g/mol. The van der Waals surface area contributed by atoms with Gasteiger partial charge in [0.1, 0.15) is 6.42 Å². The van der Waals surface area contributed by atoms with Gasteiger partial charge in [0, 0.05) is 6.54 Å². The van der Waals surface area contributed by atoms with E-state index in [1.165, 1.54) is 16.2 Å². The number of thiophene rings is 1. The number of carbonyl (C=O) groups is 1. The van der Waals surface area contributed by atoms with E-state index >= 15 is 0 Å². The predicted molar refractivity (Wildman–Crippen MR) is 58.7 cm³/mol. The van der Waals surface area contributed by atoms with Crippen LogP contribution in [-0.2, 0) is 4.79 Å². The van der Waals surface area contributed by atoms with E-state index in [1.54, 1.807) is 0 Å². The van der Waals surface area contributed by atoms with Crippen LogP contribution in [0.5, 0.6) is 0 Å². The second-order valence-electron chi connectivity index (χ2n) is 4.09. The van der Waals surface area contributed by atoms with Crippen molar-refractivity contribution in [1.29, 1.82) is 0 Å². The van der Waals surface area contributed by atoms with E-state index < -0.39 is 18.5 Å². The molecule has 1 atom stereocenters. The minimum absolute atomic E-state index is 0.170. The number of nitrogens with zero attached hydrogens (tertiary/aromatic N) is 1. The lowest BCUT2D eigenvalue weighted by atomic mass is 10.1. The van der Waals surface area contributed by atoms with Crippen LogP contribution in [0.2, 0.25) is 0 Å². The summed E-state index contributed by atoms with van der Waals surface area (Å²) in [5.74, 6) is -0.814. The smallest absolute Gasteiger partial charge is 0.335 e. The highest BCUT2D eigenvalue weighted by molar-refractivity contribution is 7.07. The van der Waals surface area contributed by atoms with Crippen LogP contribution >= 0.6 is 11.3 Å². The third-order valence-corrected chi connectivity index (χ3v) is 3.55. The van der Waals surface area contributed by atoms with E-state index in [-0.39, 0.29) is 6.04 Å². The van der Waals surface area contributed by atoms with E-state index in [2.05, 4.69) is 0 Å². The Morgan fingerprint density at radius 3 is 2.88 bits per heavy atom. The first-order valence-electron chi connectivity index (χ1n) is 5.36. The Morgan fingerprint density at radius 2 is 2.29 bits per heavy atom. The minimum Gasteiger partial charge on any atom is -0.335 e. The predicted octanol–water partition coefficient (Wildman–Crippen LogP) is 3.36. The van der Waals surface area contributed by atoms with Crippen molar-refractivity contribution < 1.29 is 18.0 Å². The number of likely N-dealkylation sites (tertiary alicyclic amines) is 1. The second kappa shape index (κ2) is 4.68. The molecule has 0 spiro atoms. The summed E-state index contributed by atoms with van der Waals surface area (Å²) >= 11 is 1.49. The molecule has 17 heavy (non-hydrogen) atoms. The van der Waals surface area contributed by atoms with E-state index in [0.29, 0.717) is 6.54 Å². The molecule has 0 bridgehead atoms. The summed E-state index contributed by atoms with van der Waals surface area (Å²) in [6.07, 6.45) is -4.25. The molecule has 1 amide bonds. The Labute approximate surface area is 101 Å². The molecule has 0 radical (unpaired) electrons. The lowest BCUT2D eigenvalue weighted by Crippen LogP contribution is -2.33. The lowest BCUT2D eigenvalue weighted by Gasteiger charge is -2.24. The van der Waals surface area contributed by atoms with Gasteiger partial charge in [-0.3, -0.25) is 4.79 Å². The molecule has 6 heteroatoms. The van der Waals surface area contributed by atoms with Gasteiger partial charge in [-0.15, -0.1) is 0 Å². The maximum absolute atomic E-state index is 12.2. The number of alkyl halides is 3. The van der Waals surface area contributed by atoms with Crippen LogP contribution in [0, 0.1) is 0 Å². The van der Waals surface area contributed by atoms with Gasteiger partial charge in [-0.25, -0.2) is 0 Å². The molecular formula is C11H12F3NOS. The highest BCUT2D eigenvalue weighted by atomic mass is 32.1. The van der Waals surface area contributed by atoms with Crippen molar-refractivity contribution in [3.05, 3.63) is 22.4 Å². The first kappa shape index (κ1) is 12.4. The summed E-state index contributed by atoms with van der Waals surface area (Å²) in [6.45, 7) is 0.426. The number of hydrogen-bond donors (Lipinski definition) is 0. The van der Waals surface area contributed by atoms with Gasteiger partial charge in [0.2, 0.25) is 5.91 Å². The number of carbonyl (C=O) groups excluding carboxylic acids is 1. The zero-order valence-electron chi connectivity index (χ0n) is 9.04. The molecular weight excluding hydrogens is 251 g/mol. The number of hydrogen-bond acceptors (Lipinski definition) is 2. The van der Waals surface area contributed by atoms with E-state index in [1.807, 2.05) is 16.8 Å². The fourth-order valence-electron chi connectivity index (χ4n) is 2.15. The molecule has 1 aliphatic rings. The van der Waals surface area contributed by atoms with Gasteiger partial charge < -0.3 is 4.90 Å². The molecule has 1 aromatic heterocycles. The van der Waals surface area contributed by atoms with Gasteiger partial charge in [0.25, 0.3) is 0 Å². The van der Waals surface area contributed by atoms with Gasteiger partial charge in [-0.05, 0) is 35.2 Å². The van der Waals surface area contributed by atoms with Crippen LogP contribution in [0.1, 0.15) is 30.9 Å². The van der Waals surface area contributed by atoms with E-state index in [9.17, 15) is 18.0 Å². The third kappa shape index (κ3) is 3.00. The highest BCUT2D eigenvalue weighted by Gasteiger charge is 2.37. The Hall–Kier alpha value is -1.04. The molecule has 1 unspecified atom stereocenters. The molecule has 94 valence electrons. The topological polar surface area (TPSA) is 20.3 Å². The number of rotatable bonds is 2. The van der Waals surface area contributed by atoms with Crippen molar-refractivity contribution in [2.45, 2.75) is 31.5 Å². The first-order chi connectivity index (χ1) is 7.97. The largest absolute Gasteiger partial charge is 0.397 e. The minimum atomic E-state index is -4.42. The summed E-state index contributed by atoms with van der Waals surface area (Å²) in [7, 11) is 0. The second-order valence-corrected chi connectivity index (χ2v) is 4.87. The van der Waals surface area contributed by atoms with E-state index in [4.69, 9.17) is 0 Å². The van der Waals surface area contributed by atoms with Crippen LogP contribution in [0.15, 0.2) is 16.8 Å². The van der Waals surface area contributed by atoms with Gasteiger partial charge in [0.05, 0.1) is 6.04 Å². The van der Waals surface area contributed by atoms with Crippen molar-refractivity contribution in [2.75, 3.05) is 6.54 Å². The van der Waals surface area contributed by atoms with Crippen LogP contribution in [-0.4, -0.2) is 23.5 Å². The van der Waals surface area contributed by atoms with Crippen LogP contribution in [0.3, 0.4) is 0 Å². The van der Waals surface area contributed by atoms with Crippen LogP contribution in [0.25, 0.3) is 0 Å². The molecule has 0 saturated carbocycles. The summed E-state index contributed by atoms with van der Waals surface area (Å²) in [4.78, 5) is 12.9. The molecule has 1 aliphatic heterocycles. The molecule has 0 N–H and O–H groups in total. The Kier molecular flexibility index (Phi) is 3.42. The van der Waals surface area contributed by atoms with Crippen molar-refractivity contribution in [1.82, 2.24) is 4.90 Å². The quantitative estimate of drug-likeness (QED) is 0.801. The van der Waals surface area contributed by atoms with Gasteiger partial charge in [0.15, 0.2) is 0 Å². The zero-order chi connectivity index (χ0) is 12.5. The molecule has 2 rings (SSSR count). The van der Waals surface area contributed by atoms with E-state index in [0.717, 1.165) is 18.4 Å². The SMILES string of the molecule is O=C(CC(F)(F)F)N1CCCC1c1ccsc1. The van der Waals surface area contributed by atoms with Crippen molar-refractivity contribution in [3.8, 4) is 0 Å². The summed E-state index contributed by atoms with van der Waals surface area (Å²) in [5, 5.41) is 3.77. The Morgan fingerprint density at radius 1 is 1.53 bits per heavy atom. The first-order valence-corrected chi connectivity index (χ1v) is 6.30. The summed E-state index contributed by atoms with van der Waals surface area (Å²) in [6, 6.07) is 1.70. The van der Waals surface area contributed by atoms with Crippen molar-refractivity contribution >= 4 is 17.2 Å². The summed E-state index contributed by atoms with van der Waals surface area (Å²) < 4.78 is 36.6. The fourth-order valence-corrected chi connectivity index (χ4v) is 2.86. The summed E-state index contributed by atoms with van der Waals surface area (Å²) in [5.41, 5.74) is 0.947. The Bertz CT molecular complexity index is 388.